The Morgan fingerprint density at radius 2 is 1.41 bits per heavy atom. The average molecular weight is 387 g/mol. The van der Waals surface area contributed by atoms with Gasteiger partial charge in [0.2, 0.25) is 0 Å². The van der Waals surface area contributed by atoms with Gasteiger partial charge in [-0.15, -0.1) is 0 Å². The van der Waals surface area contributed by atoms with Crippen molar-refractivity contribution in [2.75, 3.05) is 13.7 Å². The zero-order valence-corrected chi connectivity index (χ0v) is 16.1. The Bertz CT molecular complexity index is 986. The van der Waals surface area contributed by atoms with Crippen LogP contribution in [0.5, 0.6) is 11.5 Å². The number of para-hydroxylation sites is 2. The molecule has 1 heterocycles. The van der Waals surface area contributed by atoms with E-state index in [1.165, 1.54) is 0 Å². The molecule has 1 aliphatic heterocycles. The Morgan fingerprint density at radius 3 is 2.03 bits per heavy atom. The van der Waals surface area contributed by atoms with Gasteiger partial charge >= 0.3 is 5.97 Å². The van der Waals surface area contributed by atoms with Crippen LogP contribution in [-0.4, -0.2) is 30.4 Å². The predicted octanol–water partition coefficient (Wildman–Crippen LogP) is 4.13. The van der Waals surface area contributed by atoms with Crippen LogP contribution in [0.2, 0.25) is 0 Å². The van der Waals surface area contributed by atoms with E-state index in [0.29, 0.717) is 18.0 Å². The van der Waals surface area contributed by atoms with Crippen LogP contribution in [0.4, 0.5) is 0 Å². The highest BCUT2D eigenvalue weighted by Crippen LogP contribution is 2.44. The highest BCUT2D eigenvalue weighted by molar-refractivity contribution is 5.87. The average Bonchev–Trinajstić information content (AvgIpc) is 2.76. The Kier molecular flexibility index (Phi) is 5.29. The normalized spacial score (nSPS) is 12.3. The molecule has 0 fully saturated rings. The van der Waals surface area contributed by atoms with Crippen LogP contribution in [0.15, 0.2) is 78.9 Å². The minimum atomic E-state index is -0.622. The molecule has 0 radical (unpaired) electrons. The van der Waals surface area contributed by atoms with Crippen LogP contribution >= 0.6 is 0 Å². The third-order valence-electron chi connectivity index (χ3n) is 4.94. The molecular weight excluding hydrogens is 366 g/mol. The van der Waals surface area contributed by atoms with Gasteiger partial charge in [0.05, 0.1) is 0 Å². The highest BCUT2D eigenvalue weighted by atomic mass is 16.5. The van der Waals surface area contributed by atoms with Crippen LogP contribution in [0.3, 0.4) is 0 Å². The third-order valence-corrected chi connectivity index (χ3v) is 4.94. The van der Waals surface area contributed by atoms with E-state index in [2.05, 4.69) is 0 Å². The summed E-state index contributed by atoms with van der Waals surface area (Å²) in [5.41, 5.74) is 2.49. The summed E-state index contributed by atoms with van der Waals surface area (Å²) in [5, 5.41) is 0. The van der Waals surface area contributed by atoms with Crippen molar-refractivity contribution >= 4 is 11.9 Å². The molecule has 3 aromatic rings. The fourth-order valence-corrected chi connectivity index (χ4v) is 3.44. The molecule has 3 aromatic carbocycles. The lowest BCUT2D eigenvalue weighted by molar-refractivity contribution is -0.152. The lowest BCUT2D eigenvalue weighted by atomic mass is 9.88. The molecule has 0 aromatic heterocycles. The summed E-state index contributed by atoms with van der Waals surface area (Å²) in [6.07, 6.45) is 0. The summed E-state index contributed by atoms with van der Waals surface area (Å²) in [6.45, 7) is 0.157. The maximum Gasteiger partial charge on any atom is 0.318 e. The third kappa shape index (κ3) is 3.99. The van der Waals surface area contributed by atoms with E-state index in [1.54, 1.807) is 11.9 Å². The molecule has 29 heavy (non-hydrogen) atoms. The molecular formula is C24H21NO4. The molecule has 1 amide bonds. The van der Waals surface area contributed by atoms with Gasteiger partial charge in [-0.05, 0) is 17.7 Å². The van der Waals surface area contributed by atoms with Gasteiger partial charge < -0.3 is 14.4 Å². The molecule has 0 bridgehead atoms. The number of carbonyl (C=O) groups is 2. The molecule has 146 valence electrons. The second-order valence-electron chi connectivity index (χ2n) is 6.95. The number of hydrogen-bond donors (Lipinski definition) is 0. The smallest absolute Gasteiger partial charge is 0.318 e. The summed E-state index contributed by atoms with van der Waals surface area (Å²) in [7, 11) is 1.70. The van der Waals surface area contributed by atoms with Gasteiger partial charge in [0.15, 0.2) is 6.61 Å². The fourth-order valence-electron chi connectivity index (χ4n) is 3.44. The van der Waals surface area contributed by atoms with E-state index in [9.17, 15) is 9.59 Å². The molecule has 0 atom stereocenters. The molecule has 0 saturated carbocycles. The van der Waals surface area contributed by atoms with E-state index < -0.39 is 11.9 Å². The first-order valence-electron chi connectivity index (χ1n) is 9.43. The van der Waals surface area contributed by atoms with Crippen LogP contribution < -0.4 is 4.74 Å². The van der Waals surface area contributed by atoms with Gasteiger partial charge in [-0.25, -0.2) is 0 Å². The summed E-state index contributed by atoms with van der Waals surface area (Å²) in [6, 6.07) is 24.4. The summed E-state index contributed by atoms with van der Waals surface area (Å²) in [4.78, 5) is 27.0. The molecule has 5 heteroatoms. The van der Waals surface area contributed by atoms with Gasteiger partial charge in [-0.3, -0.25) is 9.59 Å². The molecule has 0 saturated heterocycles. The first-order chi connectivity index (χ1) is 14.1. The number of ether oxygens (including phenoxy) is 2. The van der Waals surface area contributed by atoms with E-state index >= 15 is 0 Å². The zero-order chi connectivity index (χ0) is 20.2. The first-order valence-corrected chi connectivity index (χ1v) is 9.43. The summed E-state index contributed by atoms with van der Waals surface area (Å²) in [5.74, 6) is -0.0878. The van der Waals surface area contributed by atoms with Crippen molar-refractivity contribution in [1.29, 1.82) is 0 Å². The standard InChI is InChI=1S/C24H21NO4/c1-25(15-17-9-3-2-4-10-17)22(26)16-28-24(27)23-18-11-5-7-13-20(18)29-21-14-8-6-12-19(21)23/h2-14,23H,15-16H2,1H3. The van der Waals surface area contributed by atoms with Gasteiger partial charge in [-0.1, -0.05) is 66.7 Å². The number of hydrogen-bond acceptors (Lipinski definition) is 4. The minimum absolute atomic E-state index is 0.254. The monoisotopic (exact) mass is 387 g/mol. The molecule has 0 N–H and O–H groups in total. The largest absolute Gasteiger partial charge is 0.457 e. The van der Waals surface area contributed by atoms with Gasteiger partial charge in [-0.2, -0.15) is 0 Å². The quantitative estimate of drug-likeness (QED) is 0.618. The summed E-state index contributed by atoms with van der Waals surface area (Å²) >= 11 is 0. The Morgan fingerprint density at radius 1 is 0.862 bits per heavy atom. The lowest BCUT2D eigenvalue weighted by Gasteiger charge is -2.27. The van der Waals surface area contributed by atoms with Gasteiger partial charge in [0.25, 0.3) is 5.91 Å². The number of esters is 1. The Hall–Kier alpha value is -3.60. The number of benzene rings is 3. The number of carbonyl (C=O) groups excluding carboxylic acids is 2. The van der Waals surface area contributed by atoms with Crippen molar-refractivity contribution in [2.45, 2.75) is 12.5 Å². The van der Waals surface area contributed by atoms with Crippen molar-refractivity contribution in [3.05, 3.63) is 95.6 Å². The van der Waals surface area contributed by atoms with Crippen molar-refractivity contribution in [1.82, 2.24) is 4.90 Å². The highest BCUT2D eigenvalue weighted by Gasteiger charge is 2.34. The van der Waals surface area contributed by atoms with Crippen LogP contribution in [0.25, 0.3) is 0 Å². The SMILES string of the molecule is CN(Cc1ccccc1)C(=O)COC(=O)C1c2ccccc2Oc2ccccc21. The topological polar surface area (TPSA) is 55.8 Å². The molecule has 0 aliphatic carbocycles. The molecule has 0 spiro atoms. The fraction of sp³-hybridized carbons (Fsp3) is 0.167. The number of rotatable bonds is 5. The van der Waals surface area contributed by atoms with Crippen molar-refractivity contribution in [3.63, 3.8) is 0 Å². The van der Waals surface area contributed by atoms with Gasteiger partial charge in [0, 0.05) is 24.7 Å². The molecule has 0 unspecified atom stereocenters. The maximum atomic E-state index is 13.0. The number of fused-ring (bicyclic) bond motifs is 2. The minimum Gasteiger partial charge on any atom is -0.457 e. The maximum absolute atomic E-state index is 13.0. The van der Waals surface area contributed by atoms with E-state index in [0.717, 1.165) is 16.7 Å². The van der Waals surface area contributed by atoms with Crippen molar-refractivity contribution in [2.24, 2.45) is 0 Å². The van der Waals surface area contributed by atoms with E-state index in [-0.39, 0.29) is 12.5 Å². The number of likely N-dealkylation sites (N-methyl/N-ethyl adjacent to an activating group) is 1. The van der Waals surface area contributed by atoms with Gasteiger partial charge in [0.1, 0.15) is 17.4 Å². The molecule has 4 rings (SSSR count). The summed E-state index contributed by atoms with van der Waals surface area (Å²) < 4.78 is 11.3. The van der Waals surface area contributed by atoms with E-state index in [1.807, 2.05) is 78.9 Å². The molecule has 5 nitrogen and oxygen atoms in total. The van der Waals surface area contributed by atoms with Crippen molar-refractivity contribution < 1.29 is 19.1 Å². The van der Waals surface area contributed by atoms with Crippen LogP contribution in [-0.2, 0) is 20.9 Å². The number of nitrogens with zero attached hydrogens (tertiary/aromatic N) is 1. The first kappa shape index (κ1) is 18.7. The predicted molar refractivity (Wildman–Crippen MR) is 109 cm³/mol. The van der Waals surface area contributed by atoms with Crippen LogP contribution in [0, 0.1) is 0 Å². The lowest BCUT2D eigenvalue weighted by Crippen LogP contribution is -2.32. The number of amides is 1. The zero-order valence-electron chi connectivity index (χ0n) is 16.1. The second-order valence-corrected chi connectivity index (χ2v) is 6.95. The molecule has 1 aliphatic rings. The van der Waals surface area contributed by atoms with E-state index in [4.69, 9.17) is 9.47 Å². The Balaban J connectivity index is 1.47. The van der Waals surface area contributed by atoms with Crippen LogP contribution in [0.1, 0.15) is 22.6 Å². The van der Waals surface area contributed by atoms with Crippen molar-refractivity contribution in [3.8, 4) is 11.5 Å². The second kappa shape index (κ2) is 8.19. The Labute approximate surface area is 169 Å².